The zero-order valence-electron chi connectivity index (χ0n) is 9.83. The molecule has 98 valence electrons. The summed E-state index contributed by atoms with van der Waals surface area (Å²) in [7, 11) is 0. The molecule has 1 aromatic rings. The third-order valence-electron chi connectivity index (χ3n) is 2.08. The van der Waals surface area contributed by atoms with E-state index < -0.39 is 5.97 Å². The van der Waals surface area contributed by atoms with Crippen LogP contribution in [0, 0.1) is 0 Å². The first-order valence-electron chi connectivity index (χ1n) is 5.41. The van der Waals surface area contributed by atoms with Gasteiger partial charge in [-0.3, -0.25) is 4.79 Å². The largest absolute Gasteiger partial charge is 0.462 e. The molecule has 18 heavy (non-hydrogen) atoms. The number of benzene rings is 1. The summed E-state index contributed by atoms with van der Waals surface area (Å²) in [5.74, 6) is -0.295. The molecule has 4 nitrogen and oxygen atoms in total. The second-order valence-corrected chi connectivity index (χ2v) is 4.63. The highest BCUT2D eigenvalue weighted by Gasteiger charge is 2.10. The van der Waals surface area contributed by atoms with Crippen LogP contribution in [-0.4, -0.2) is 24.4 Å². The fraction of sp³-hybridized carbons (Fsp3) is 0.333. The van der Waals surface area contributed by atoms with Crippen LogP contribution < -0.4 is 5.32 Å². The van der Waals surface area contributed by atoms with E-state index in [1.54, 1.807) is 25.1 Å². The molecule has 1 aromatic carbocycles. The summed E-state index contributed by atoms with van der Waals surface area (Å²) in [6.07, 6.45) is 0.244. The quantitative estimate of drug-likeness (QED) is 0.664. The molecule has 1 rings (SSSR count). The lowest BCUT2D eigenvalue weighted by molar-refractivity contribution is -0.115. The third kappa shape index (κ3) is 4.31. The van der Waals surface area contributed by atoms with Crippen LogP contribution in [-0.2, 0) is 9.53 Å². The summed E-state index contributed by atoms with van der Waals surface area (Å²) in [5, 5.41) is 2.69. The molecule has 0 unspecified atom stereocenters. The maximum absolute atomic E-state index is 11.5. The molecule has 0 aromatic heterocycles. The van der Waals surface area contributed by atoms with Crippen molar-refractivity contribution in [2.45, 2.75) is 13.3 Å². The van der Waals surface area contributed by atoms with Crippen LogP contribution in [0.1, 0.15) is 23.7 Å². The molecule has 0 heterocycles. The van der Waals surface area contributed by atoms with Crippen LogP contribution in [0.5, 0.6) is 0 Å². The number of anilines is 1. The van der Waals surface area contributed by atoms with E-state index in [4.69, 9.17) is 16.3 Å². The predicted octanol–water partition coefficient (Wildman–Crippen LogP) is 3.19. The Kier molecular flexibility index (Phi) is 6.15. The molecular weight excluding hydrogens is 321 g/mol. The number of alkyl halides is 1. The highest BCUT2D eigenvalue weighted by molar-refractivity contribution is 9.10. The second-order valence-electron chi connectivity index (χ2n) is 3.40. The number of hydrogen-bond acceptors (Lipinski definition) is 3. The van der Waals surface area contributed by atoms with Gasteiger partial charge in [0.2, 0.25) is 5.91 Å². The standard InChI is InChI=1S/C12H13BrClNO3/c1-2-18-12(17)8-3-4-10(9(13)7-8)15-11(16)5-6-14/h3-4,7H,2,5-6H2,1H3,(H,15,16). The van der Waals surface area contributed by atoms with Crippen molar-refractivity contribution in [3.8, 4) is 0 Å². The Morgan fingerprint density at radius 1 is 1.44 bits per heavy atom. The first-order valence-corrected chi connectivity index (χ1v) is 6.73. The average molecular weight is 335 g/mol. The lowest BCUT2D eigenvalue weighted by Crippen LogP contribution is -2.12. The highest BCUT2D eigenvalue weighted by atomic mass is 79.9. The molecule has 0 aliphatic rings. The Hall–Kier alpha value is -1.07. The number of ether oxygens (including phenoxy) is 1. The lowest BCUT2D eigenvalue weighted by Gasteiger charge is -2.08. The Bertz CT molecular complexity index is 451. The average Bonchev–Trinajstić information content (AvgIpc) is 2.32. The summed E-state index contributed by atoms with van der Waals surface area (Å²) in [4.78, 5) is 22.9. The summed E-state index contributed by atoms with van der Waals surface area (Å²) < 4.78 is 5.50. The van der Waals surface area contributed by atoms with Crippen molar-refractivity contribution >= 4 is 45.1 Å². The fourth-order valence-corrected chi connectivity index (χ4v) is 1.91. The Morgan fingerprint density at radius 2 is 2.17 bits per heavy atom. The number of carbonyl (C=O) groups excluding carboxylic acids is 2. The minimum absolute atomic E-state index is 0.172. The van der Waals surface area contributed by atoms with Crippen LogP contribution in [0.3, 0.4) is 0 Å². The molecule has 0 fully saturated rings. The van der Waals surface area contributed by atoms with Gasteiger partial charge in [0.15, 0.2) is 0 Å². The summed E-state index contributed by atoms with van der Waals surface area (Å²) >= 11 is 8.76. The molecular formula is C12H13BrClNO3. The summed E-state index contributed by atoms with van der Waals surface area (Å²) in [6.45, 7) is 2.07. The van der Waals surface area contributed by atoms with Gasteiger partial charge in [0.05, 0.1) is 17.9 Å². The van der Waals surface area contributed by atoms with E-state index in [-0.39, 0.29) is 18.2 Å². The Labute approximate surface area is 119 Å². The predicted molar refractivity (Wildman–Crippen MR) is 74.1 cm³/mol. The topological polar surface area (TPSA) is 55.4 Å². The minimum Gasteiger partial charge on any atom is -0.462 e. The highest BCUT2D eigenvalue weighted by Crippen LogP contribution is 2.24. The van der Waals surface area contributed by atoms with Gasteiger partial charge in [-0.05, 0) is 41.1 Å². The first-order chi connectivity index (χ1) is 8.58. The monoisotopic (exact) mass is 333 g/mol. The zero-order valence-corrected chi connectivity index (χ0v) is 12.2. The fourth-order valence-electron chi connectivity index (χ4n) is 1.26. The lowest BCUT2D eigenvalue weighted by atomic mass is 10.2. The molecule has 0 saturated heterocycles. The SMILES string of the molecule is CCOC(=O)c1ccc(NC(=O)CCCl)c(Br)c1. The molecule has 6 heteroatoms. The van der Waals surface area contributed by atoms with Crippen LogP contribution in [0.4, 0.5) is 5.69 Å². The summed E-state index contributed by atoms with van der Waals surface area (Å²) in [5.41, 5.74) is 1.03. The van der Waals surface area contributed by atoms with Crippen LogP contribution in [0.2, 0.25) is 0 Å². The summed E-state index contributed by atoms with van der Waals surface area (Å²) in [6, 6.07) is 4.84. The van der Waals surface area contributed by atoms with Crippen molar-refractivity contribution in [1.82, 2.24) is 0 Å². The van der Waals surface area contributed by atoms with Gasteiger partial charge in [0, 0.05) is 16.8 Å². The number of nitrogens with one attached hydrogen (secondary N) is 1. The molecule has 0 aliphatic carbocycles. The molecule has 0 radical (unpaired) electrons. The number of amides is 1. The van der Waals surface area contributed by atoms with Crippen molar-refractivity contribution in [2.24, 2.45) is 0 Å². The first kappa shape index (κ1) is 15.0. The van der Waals surface area contributed by atoms with Gasteiger partial charge in [-0.2, -0.15) is 0 Å². The van der Waals surface area contributed by atoms with Crippen LogP contribution in [0.25, 0.3) is 0 Å². The Balaban J connectivity index is 2.79. The van der Waals surface area contributed by atoms with Gasteiger partial charge < -0.3 is 10.1 Å². The van der Waals surface area contributed by atoms with E-state index in [2.05, 4.69) is 21.2 Å². The maximum Gasteiger partial charge on any atom is 0.338 e. The van der Waals surface area contributed by atoms with E-state index in [1.807, 2.05) is 0 Å². The zero-order chi connectivity index (χ0) is 13.5. The van der Waals surface area contributed by atoms with E-state index in [9.17, 15) is 9.59 Å². The smallest absolute Gasteiger partial charge is 0.338 e. The van der Waals surface area contributed by atoms with Gasteiger partial charge in [-0.25, -0.2) is 4.79 Å². The van der Waals surface area contributed by atoms with E-state index >= 15 is 0 Å². The van der Waals surface area contributed by atoms with Crippen molar-refractivity contribution in [3.05, 3.63) is 28.2 Å². The second kappa shape index (κ2) is 7.38. The van der Waals surface area contributed by atoms with Gasteiger partial charge in [0.1, 0.15) is 0 Å². The molecule has 0 saturated carbocycles. The number of hydrogen-bond donors (Lipinski definition) is 1. The molecule has 0 bridgehead atoms. The van der Waals surface area contributed by atoms with E-state index in [1.165, 1.54) is 0 Å². The van der Waals surface area contributed by atoms with Crippen LogP contribution in [0.15, 0.2) is 22.7 Å². The van der Waals surface area contributed by atoms with Crippen molar-refractivity contribution in [3.63, 3.8) is 0 Å². The van der Waals surface area contributed by atoms with Gasteiger partial charge in [0.25, 0.3) is 0 Å². The molecule has 0 spiro atoms. The van der Waals surface area contributed by atoms with Crippen molar-refractivity contribution in [1.29, 1.82) is 0 Å². The van der Waals surface area contributed by atoms with Gasteiger partial charge in [-0.15, -0.1) is 11.6 Å². The van der Waals surface area contributed by atoms with Gasteiger partial charge >= 0.3 is 5.97 Å². The van der Waals surface area contributed by atoms with E-state index in [0.717, 1.165) is 0 Å². The number of rotatable bonds is 5. The molecule has 1 amide bonds. The van der Waals surface area contributed by atoms with E-state index in [0.29, 0.717) is 22.3 Å². The van der Waals surface area contributed by atoms with Gasteiger partial charge in [-0.1, -0.05) is 0 Å². The minimum atomic E-state index is -0.392. The molecule has 0 aliphatic heterocycles. The van der Waals surface area contributed by atoms with Crippen molar-refractivity contribution < 1.29 is 14.3 Å². The molecule has 0 atom stereocenters. The van der Waals surface area contributed by atoms with Crippen LogP contribution >= 0.6 is 27.5 Å². The maximum atomic E-state index is 11.5. The Morgan fingerprint density at radius 3 is 2.72 bits per heavy atom. The molecule has 1 N–H and O–H groups in total. The third-order valence-corrected chi connectivity index (χ3v) is 2.92. The number of carbonyl (C=O) groups is 2. The number of halogens is 2. The normalized spacial score (nSPS) is 9.94. The van der Waals surface area contributed by atoms with Crippen molar-refractivity contribution in [2.75, 3.05) is 17.8 Å². The number of esters is 1.